The normalized spacial score (nSPS) is 8.43. The molecule has 0 aliphatic heterocycles. The standard InChI is InChI=1S/C8H6.C6H6O2.C6H7P.C3H6N2O.H3N/c1-2-8-6-4-3-5-7-8;7-5-1-2-6(8)4-3-5;7-6-4-2-1-3-5-6;1-2-5-3(4)6;/h1,3-7H;1-4,7-8H;1-5H,7H2;2H,1H3,(H2,4,6);1H3. The predicted molar refractivity (Wildman–Crippen MR) is 129 cm³/mol. The second-order valence-electron chi connectivity index (χ2n) is 5.16. The van der Waals surface area contributed by atoms with Gasteiger partial charge < -0.3 is 22.1 Å². The zero-order valence-electron chi connectivity index (χ0n) is 16.8. The van der Waals surface area contributed by atoms with E-state index in [1.807, 2.05) is 60.7 Å². The van der Waals surface area contributed by atoms with Crippen molar-refractivity contribution in [3.05, 3.63) is 90.5 Å². The highest BCUT2D eigenvalue weighted by atomic mass is 31.0. The summed E-state index contributed by atoms with van der Waals surface area (Å²) in [6, 6.07) is 24.8. The number of nitrogens with two attached hydrogens (primary N) is 1. The van der Waals surface area contributed by atoms with Crippen LogP contribution in [0.3, 0.4) is 0 Å². The molecule has 0 radical (unpaired) electrons. The van der Waals surface area contributed by atoms with Gasteiger partial charge in [-0.25, -0.2) is 9.79 Å². The van der Waals surface area contributed by atoms with Crippen LogP contribution in [0.1, 0.15) is 12.5 Å². The smallest absolute Gasteiger partial charge is 0.337 e. The third kappa shape index (κ3) is 17.7. The summed E-state index contributed by atoms with van der Waals surface area (Å²) in [5.74, 6) is 2.87. The number of terminal acetylenes is 1. The number of primary amides is 1. The van der Waals surface area contributed by atoms with E-state index in [4.69, 9.17) is 16.6 Å². The van der Waals surface area contributed by atoms with Crippen molar-refractivity contribution in [3.63, 3.8) is 0 Å². The van der Waals surface area contributed by atoms with Gasteiger partial charge in [-0.2, -0.15) is 0 Å². The largest absolute Gasteiger partial charge is 0.508 e. The molecule has 7 heteroatoms. The molecule has 0 saturated carbocycles. The van der Waals surface area contributed by atoms with Gasteiger partial charge in [0.1, 0.15) is 11.5 Å². The van der Waals surface area contributed by atoms with Gasteiger partial charge in [-0.1, -0.05) is 54.5 Å². The highest BCUT2D eigenvalue weighted by Crippen LogP contribution is 2.13. The van der Waals surface area contributed by atoms with Crippen molar-refractivity contribution in [1.29, 1.82) is 0 Å². The minimum atomic E-state index is -0.641. The summed E-state index contributed by atoms with van der Waals surface area (Å²) in [5.41, 5.74) is 5.50. The summed E-state index contributed by atoms with van der Waals surface area (Å²) < 4.78 is 0. The third-order valence-electron chi connectivity index (χ3n) is 2.85. The third-order valence-corrected chi connectivity index (χ3v) is 3.23. The lowest BCUT2D eigenvalue weighted by Gasteiger charge is -1.88. The molecule has 0 spiro atoms. The maximum atomic E-state index is 9.62. The fourth-order valence-corrected chi connectivity index (χ4v) is 1.79. The number of rotatable bonds is 0. The number of nitrogens with zero attached hydrogens (tertiary/aromatic N) is 1. The first-order chi connectivity index (χ1) is 13.9. The van der Waals surface area contributed by atoms with Crippen LogP contribution >= 0.6 is 9.24 Å². The predicted octanol–water partition coefficient (Wildman–Crippen LogP) is 4.27. The first-order valence-corrected chi connectivity index (χ1v) is 9.05. The van der Waals surface area contributed by atoms with Crippen LogP contribution in [0, 0.1) is 12.3 Å². The van der Waals surface area contributed by atoms with E-state index in [-0.39, 0.29) is 17.6 Å². The van der Waals surface area contributed by atoms with Gasteiger partial charge in [0.2, 0.25) is 0 Å². The van der Waals surface area contributed by atoms with Crippen molar-refractivity contribution in [3.8, 4) is 23.8 Å². The quantitative estimate of drug-likeness (QED) is 0.185. The molecule has 3 rings (SSSR count). The molecule has 3 aromatic rings. The van der Waals surface area contributed by atoms with E-state index in [0.717, 1.165) is 5.56 Å². The number of hydrogen-bond acceptors (Lipinski definition) is 4. The number of aromatic hydroxyl groups is 2. The van der Waals surface area contributed by atoms with Gasteiger partial charge in [-0.3, -0.25) is 0 Å². The number of hydrogen-bond donors (Lipinski definition) is 4. The lowest BCUT2D eigenvalue weighted by molar-refractivity contribution is 0.257. The van der Waals surface area contributed by atoms with Gasteiger partial charge in [0.05, 0.1) is 0 Å². The minimum Gasteiger partial charge on any atom is -0.508 e. The van der Waals surface area contributed by atoms with Crippen LogP contribution in [0.25, 0.3) is 0 Å². The molecule has 0 heterocycles. The Labute approximate surface area is 180 Å². The molecule has 0 aromatic heterocycles. The molecule has 0 fully saturated rings. The molecular weight excluding hydrogens is 397 g/mol. The lowest BCUT2D eigenvalue weighted by Crippen LogP contribution is -2.02. The number of phenolic OH excluding ortho intramolecular Hbond substituents is 2. The summed E-state index contributed by atoms with van der Waals surface area (Å²) in [6.07, 6.45) is 6.45. The Morgan fingerprint density at radius 2 is 1.33 bits per heavy atom. The number of benzene rings is 3. The number of aliphatic imine (C=N–C) groups is 1. The second kappa shape index (κ2) is 18.7. The number of carbonyl (C=O) groups excluding carboxylic acids is 1. The lowest BCUT2D eigenvalue weighted by atomic mass is 10.2. The van der Waals surface area contributed by atoms with Gasteiger partial charge in [-0.15, -0.1) is 15.7 Å². The van der Waals surface area contributed by atoms with E-state index < -0.39 is 6.03 Å². The maximum Gasteiger partial charge on any atom is 0.337 e. The van der Waals surface area contributed by atoms with E-state index >= 15 is 0 Å². The fraction of sp³-hybridized carbons (Fsp3) is 0.0435. The van der Waals surface area contributed by atoms with E-state index in [1.54, 1.807) is 6.92 Å². The van der Waals surface area contributed by atoms with Crippen LogP contribution in [0.2, 0.25) is 0 Å². The Morgan fingerprint density at radius 3 is 1.53 bits per heavy atom. The van der Waals surface area contributed by atoms with Gasteiger partial charge in [0, 0.05) is 11.8 Å². The first-order valence-electron chi connectivity index (χ1n) is 8.47. The molecule has 6 nitrogen and oxygen atoms in total. The summed E-state index contributed by atoms with van der Waals surface area (Å²) in [6.45, 7) is 1.63. The summed E-state index contributed by atoms with van der Waals surface area (Å²) in [7, 11) is 2.63. The van der Waals surface area contributed by atoms with Crippen LogP contribution in [-0.2, 0) is 0 Å². The summed E-state index contributed by atoms with van der Waals surface area (Å²) >= 11 is 0. The molecule has 0 aliphatic carbocycles. The topological polar surface area (TPSA) is 131 Å². The molecular formula is C23H28N3O3P. The zero-order chi connectivity index (χ0) is 21.9. The maximum absolute atomic E-state index is 9.62. The monoisotopic (exact) mass is 425 g/mol. The van der Waals surface area contributed by atoms with Gasteiger partial charge in [0.15, 0.2) is 0 Å². The number of urea groups is 1. The molecule has 2 amide bonds. The Balaban J connectivity index is 0. The van der Waals surface area contributed by atoms with E-state index in [2.05, 4.69) is 25.9 Å². The average Bonchev–Trinajstić information content (AvgIpc) is 2.73. The van der Waals surface area contributed by atoms with Gasteiger partial charge in [-0.05, 0) is 48.6 Å². The van der Waals surface area contributed by atoms with E-state index in [9.17, 15) is 4.79 Å². The van der Waals surface area contributed by atoms with Crippen LogP contribution in [0.5, 0.6) is 11.5 Å². The SMILES string of the molecule is C#Cc1ccccc1.CC=NC(N)=O.N.Oc1ccc(O)cc1.Pc1ccccc1. The Kier molecular flexibility index (Phi) is 17.8. The number of amides is 2. The van der Waals surface area contributed by atoms with Crippen LogP contribution in [0.4, 0.5) is 4.79 Å². The van der Waals surface area contributed by atoms with Crippen molar-refractivity contribution >= 4 is 26.8 Å². The minimum absolute atomic E-state index is 0. The van der Waals surface area contributed by atoms with Crippen LogP contribution in [-0.4, -0.2) is 22.5 Å². The molecule has 3 aromatic carbocycles. The van der Waals surface area contributed by atoms with Crippen molar-refractivity contribution in [1.82, 2.24) is 6.15 Å². The van der Waals surface area contributed by atoms with E-state index in [1.165, 1.54) is 35.8 Å². The number of carbonyl (C=O) groups is 1. The molecule has 0 saturated heterocycles. The van der Waals surface area contributed by atoms with Crippen molar-refractivity contribution in [2.24, 2.45) is 10.7 Å². The molecule has 1 atom stereocenters. The highest BCUT2D eigenvalue weighted by molar-refractivity contribution is 7.27. The van der Waals surface area contributed by atoms with Gasteiger partial charge >= 0.3 is 6.03 Å². The van der Waals surface area contributed by atoms with Crippen molar-refractivity contribution in [2.45, 2.75) is 6.92 Å². The average molecular weight is 425 g/mol. The van der Waals surface area contributed by atoms with Crippen LogP contribution in [0.15, 0.2) is 89.9 Å². The molecule has 0 bridgehead atoms. The Hall–Kier alpha value is -3.65. The van der Waals surface area contributed by atoms with Crippen molar-refractivity contribution in [2.75, 3.05) is 0 Å². The summed E-state index contributed by atoms with van der Waals surface area (Å²) in [5, 5.41) is 18.5. The fourth-order valence-electron chi connectivity index (χ4n) is 1.57. The molecule has 0 aliphatic rings. The summed E-state index contributed by atoms with van der Waals surface area (Å²) in [4.78, 5) is 12.8. The Morgan fingerprint density at radius 1 is 0.933 bits per heavy atom. The zero-order valence-corrected chi connectivity index (χ0v) is 18.0. The second-order valence-corrected chi connectivity index (χ2v) is 5.83. The van der Waals surface area contributed by atoms with Crippen molar-refractivity contribution < 1.29 is 15.0 Å². The van der Waals surface area contributed by atoms with Gasteiger partial charge in [0.25, 0.3) is 0 Å². The highest BCUT2D eigenvalue weighted by Gasteiger charge is 1.84. The molecule has 30 heavy (non-hydrogen) atoms. The van der Waals surface area contributed by atoms with Crippen LogP contribution < -0.4 is 17.2 Å². The first kappa shape index (κ1) is 28.6. The molecule has 1 unspecified atom stereocenters. The molecule has 158 valence electrons. The number of phenols is 2. The Bertz CT molecular complexity index is 858. The molecule has 7 N–H and O–H groups in total. The van der Waals surface area contributed by atoms with E-state index in [0.29, 0.717) is 0 Å².